The molecule has 0 bridgehead atoms. The van der Waals surface area contributed by atoms with Crippen LogP contribution in [-0.2, 0) is 17.6 Å². The van der Waals surface area contributed by atoms with Crippen molar-refractivity contribution in [3.63, 3.8) is 0 Å². The van der Waals surface area contributed by atoms with Crippen LogP contribution < -0.4 is 5.32 Å². The molecule has 0 fully saturated rings. The molecular formula is C17H16N2O2S. The van der Waals surface area contributed by atoms with E-state index < -0.39 is 6.09 Å². The van der Waals surface area contributed by atoms with Crippen molar-refractivity contribution in [2.45, 2.75) is 25.2 Å². The highest BCUT2D eigenvalue weighted by Crippen LogP contribution is 2.42. The lowest BCUT2D eigenvalue weighted by Gasteiger charge is -2.22. The van der Waals surface area contributed by atoms with Crippen molar-refractivity contribution in [3.8, 4) is 6.07 Å². The lowest BCUT2D eigenvalue weighted by atomic mass is 9.83. The van der Waals surface area contributed by atoms with Crippen molar-refractivity contribution in [2.75, 3.05) is 12.4 Å². The minimum Gasteiger partial charge on any atom is -0.453 e. The van der Waals surface area contributed by atoms with E-state index in [0.29, 0.717) is 16.5 Å². The molecule has 22 heavy (non-hydrogen) atoms. The van der Waals surface area contributed by atoms with Crippen LogP contribution in [0.1, 0.15) is 33.9 Å². The first-order valence-corrected chi connectivity index (χ1v) is 7.99. The topological polar surface area (TPSA) is 62.1 Å². The monoisotopic (exact) mass is 312 g/mol. The van der Waals surface area contributed by atoms with Crippen LogP contribution >= 0.6 is 11.3 Å². The van der Waals surface area contributed by atoms with Crippen LogP contribution in [0, 0.1) is 11.3 Å². The Bertz CT molecular complexity index is 731. The summed E-state index contributed by atoms with van der Waals surface area (Å²) in [6, 6.07) is 12.7. The van der Waals surface area contributed by atoms with Gasteiger partial charge in [-0.1, -0.05) is 30.3 Å². The molecule has 1 heterocycles. The lowest BCUT2D eigenvalue weighted by Crippen LogP contribution is -2.12. The average Bonchev–Trinajstić information content (AvgIpc) is 2.91. The van der Waals surface area contributed by atoms with E-state index in [4.69, 9.17) is 0 Å². The SMILES string of the molecule is COC(=O)Nc1sc2c(c1C#N)CC[C@@H](c1ccccc1)C2. The predicted octanol–water partition coefficient (Wildman–Crippen LogP) is 4.07. The number of carbonyl (C=O) groups is 1. The molecule has 0 radical (unpaired) electrons. The van der Waals surface area contributed by atoms with Crippen molar-refractivity contribution in [1.29, 1.82) is 5.26 Å². The Hall–Kier alpha value is -2.32. The van der Waals surface area contributed by atoms with Gasteiger partial charge in [0.05, 0.1) is 12.7 Å². The van der Waals surface area contributed by atoms with Crippen LogP contribution in [-0.4, -0.2) is 13.2 Å². The third-order valence-electron chi connectivity index (χ3n) is 4.05. The molecule has 1 aromatic heterocycles. The largest absolute Gasteiger partial charge is 0.453 e. The van der Waals surface area contributed by atoms with Gasteiger partial charge in [0.2, 0.25) is 0 Å². The van der Waals surface area contributed by atoms with Gasteiger partial charge in [-0.15, -0.1) is 11.3 Å². The number of anilines is 1. The molecular weight excluding hydrogens is 296 g/mol. The molecule has 112 valence electrons. The minimum absolute atomic E-state index is 0.477. The number of hydrogen-bond donors (Lipinski definition) is 1. The summed E-state index contributed by atoms with van der Waals surface area (Å²) in [7, 11) is 1.32. The van der Waals surface area contributed by atoms with E-state index in [1.165, 1.54) is 28.9 Å². The summed E-state index contributed by atoms with van der Waals surface area (Å²) >= 11 is 1.49. The number of fused-ring (bicyclic) bond motifs is 1. The smallest absolute Gasteiger partial charge is 0.411 e. The maximum atomic E-state index is 11.4. The summed E-state index contributed by atoms with van der Waals surface area (Å²) in [5, 5.41) is 12.7. The van der Waals surface area contributed by atoms with Crippen molar-refractivity contribution in [1.82, 2.24) is 0 Å². The first-order chi connectivity index (χ1) is 10.7. The van der Waals surface area contributed by atoms with Gasteiger partial charge in [0.15, 0.2) is 0 Å². The highest BCUT2D eigenvalue weighted by Gasteiger charge is 2.27. The number of methoxy groups -OCH3 is 1. The van der Waals surface area contributed by atoms with Crippen molar-refractivity contribution in [3.05, 3.63) is 51.9 Å². The van der Waals surface area contributed by atoms with Gasteiger partial charge in [0, 0.05) is 4.88 Å². The zero-order chi connectivity index (χ0) is 15.5. The lowest BCUT2D eigenvalue weighted by molar-refractivity contribution is 0.187. The summed E-state index contributed by atoms with van der Waals surface area (Å²) in [6.07, 6.45) is 2.29. The molecule has 1 aromatic carbocycles. The van der Waals surface area contributed by atoms with Crippen LogP contribution in [0.25, 0.3) is 0 Å². The number of nitrogens with zero attached hydrogens (tertiary/aromatic N) is 1. The number of benzene rings is 1. The summed E-state index contributed by atoms with van der Waals surface area (Å²) in [5.41, 5.74) is 3.02. The molecule has 1 amide bonds. The fourth-order valence-corrected chi connectivity index (χ4v) is 4.21. The Morgan fingerprint density at radius 3 is 2.86 bits per heavy atom. The van der Waals surface area contributed by atoms with E-state index in [1.54, 1.807) is 0 Å². The number of thiophene rings is 1. The number of nitriles is 1. The second-order valence-corrected chi connectivity index (χ2v) is 6.39. The van der Waals surface area contributed by atoms with Gasteiger partial charge in [0.1, 0.15) is 11.1 Å². The maximum absolute atomic E-state index is 11.4. The summed E-state index contributed by atoms with van der Waals surface area (Å²) in [6.45, 7) is 0. The molecule has 0 aliphatic heterocycles. The van der Waals surface area contributed by atoms with E-state index >= 15 is 0 Å². The molecule has 0 saturated heterocycles. The second kappa shape index (κ2) is 6.20. The van der Waals surface area contributed by atoms with Crippen LogP contribution in [0.4, 0.5) is 9.80 Å². The Kier molecular flexibility index (Phi) is 4.12. The number of ether oxygens (including phenoxy) is 1. The molecule has 3 rings (SSSR count). The number of carbonyl (C=O) groups excluding carboxylic acids is 1. The molecule has 1 atom stereocenters. The quantitative estimate of drug-likeness (QED) is 0.909. The van der Waals surface area contributed by atoms with E-state index in [1.807, 2.05) is 6.07 Å². The average molecular weight is 312 g/mol. The first kappa shape index (κ1) is 14.6. The summed E-state index contributed by atoms with van der Waals surface area (Å²) in [4.78, 5) is 12.6. The fraction of sp³-hybridized carbons (Fsp3) is 0.294. The summed E-state index contributed by atoms with van der Waals surface area (Å²) in [5.74, 6) is 0.477. The predicted molar refractivity (Wildman–Crippen MR) is 86.3 cm³/mol. The molecule has 4 nitrogen and oxygen atoms in total. The fourth-order valence-electron chi connectivity index (χ4n) is 2.95. The number of amides is 1. The number of rotatable bonds is 2. The minimum atomic E-state index is -0.533. The van der Waals surface area contributed by atoms with Crippen molar-refractivity contribution >= 4 is 22.4 Å². The molecule has 1 aliphatic rings. The van der Waals surface area contributed by atoms with Crippen LogP contribution in [0.15, 0.2) is 30.3 Å². The standard InChI is InChI=1S/C17H16N2O2S/c1-21-17(20)19-16-14(10-18)13-8-7-12(9-15(13)22-16)11-5-3-2-4-6-11/h2-6,12H,7-9H2,1H3,(H,19,20)/t12-/m1/s1. The summed E-state index contributed by atoms with van der Waals surface area (Å²) < 4.78 is 4.62. The maximum Gasteiger partial charge on any atom is 0.411 e. The van der Waals surface area contributed by atoms with Crippen LogP contribution in [0.2, 0.25) is 0 Å². The van der Waals surface area contributed by atoms with Gasteiger partial charge in [0.25, 0.3) is 0 Å². The van der Waals surface area contributed by atoms with Gasteiger partial charge >= 0.3 is 6.09 Å². The molecule has 2 aromatic rings. The van der Waals surface area contributed by atoms with Gasteiger partial charge < -0.3 is 4.74 Å². The highest BCUT2D eigenvalue weighted by atomic mass is 32.1. The molecule has 0 saturated carbocycles. The zero-order valence-electron chi connectivity index (χ0n) is 12.3. The number of hydrogen-bond acceptors (Lipinski definition) is 4. The van der Waals surface area contributed by atoms with Crippen LogP contribution in [0.3, 0.4) is 0 Å². The third-order valence-corrected chi connectivity index (χ3v) is 5.22. The number of nitrogens with one attached hydrogen (secondary N) is 1. The molecule has 0 unspecified atom stereocenters. The Balaban J connectivity index is 1.89. The van der Waals surface area contributed by atoms with E-state index in [9.17, 15) is 10.1 Å². The Morgan fingerprint density at radius 2 is 2.18 bits per heavy atom. The van der Waals surface area contributed by atoms with Crippen molar-refractivity contribution < 1.29 is 9.53 Å². The zero-order valence-corrected chi connectivity index (χ0v) is 13.1. The molecule has 1 N–H and O–H groups in total. The second-order valence-electron chi connectivity index (χ2n) is 5.29. The van der Waals surface area contributed by atoms with Gasteiger partial charge in [-0.3, -0.25) is 5.32 Å². The first-order valence-electron chi connectivity index (χ1n) is 7.17. The van der Waals surface area contributed by atoms with Crippen LogP contribution in [0.5, 0.6) is 0 Å². The van der Waals surface area contributed by atoms with Gasteiger partial charge in [-0.05, 0) is 36.3 Å². The normalized spacial score (nSPS) is 16.5. The van der Waals surface area contributed by atoms with E-state index in [0.717, 1.165) is 24.8 Å². The molecule has 5 heteroatoms. The third kappa shape index (κ3) is 2.70. The van der Waals surface area contributed by atoms with Gasteiger partial charge in [-0.2, -0.15) is 5.26 Å². The Morgan fingerprint density at radius 1 is 1.41 bits per heavy atom. The Labute approximate surface area is 133 Å². The van der Waals surface area contributed by atoms with E-state index in [-0.39, 0.29) is 0 Å². The van der Waals surface area contributed by atoms with Gasteiger partial charge in [-0.25, -0.2) is 4.79 Å². The molecule has 1 aliphatic carbocycles. The molecule has 0 spiro atoms. The highest BCUT2D eigenvalue weighted by molar-refractivity contribution is 7.16. The van der Waals surface area contributed by atoms with Crippen molar-refractivity contribution in [2.24, 2.45) is 0 Å². The van der Waals surface area contributed by atoms with E-state index in [2.05, 4.69) is 40.4 Å².